The summed E-state index contributed by atoms with van der Waals surface area (Å²) in [6, 6.07) is 43.1. The maximum Gasteiger partial charge on any atom is 0.227 e. The van der Waals surface area contributed by atoms with Gasteiger partial charge >= 0.3 is 0 Å². The van der Waals surface area contributed by atoms with Crippen molar-refractivity contribution in [1.29, 1.82) is 0 Å². The smallest absolute Gasteiger partial charge is 0.227 e. The van der Waals surface area contributed by atoms with Gasteiger partial charge in [-0.25, -0.2) is 19.9 Å². The molecule has 0 aliphatic heterocycles. The van der Waals surface area contributed by atoms with Gasteiger partial charge in [0.2, 0.25) is 23.6 Å². The molecule has 10 aromatic rings. The predicted molar refractivity (Wildman–Crippen MR) is 184 cm³/mol. The van der Waals surface area contributed by atoms with Crippen LogP contribution in [0.3, 0.4) is 0 Å². The van der Waals surface area contributed by atoms with E-state index in [2.05, 4.69) is 24.3 Å². The van der Waals surface area contributed by atoms with Crippen LogP contribution in [-0.2, 0) is 0 Å². The quantitative estimate of drug-likeness (QED) is 0.187. The molecule has 0 aliphatic rings. The molecule has 0 spiro atoms. The highest BCUT2D eigenvalue weighted by molar-refractivity contribution is 5.86. The van der Waals surface area contributed by atoms with Gasteiger partial charge < -0.3 is 17.7 Å². The van der Waals surface area contributed by atoms with Gasteiger partial charge in [-0.15, -0.1) is 0 Å². The lowest BCUT2D eigenvalue weighted by atomic mass is 9.96. The first-order chi connectivity index (χ1) is 23.7. The zero-order valence-electron chi connectivity index (χ0n) is 25.1. The lowest BCUT2D eigenvalue weighted by Gasteiger charge is -2.10. The van der Waals surface area contributed by atoms with Gasteiger partial charge in [0, 0.05) is 22.3 Å². The third-order valence-electron chi connectivity index (χ3n) is 8.36. The SMILES string of the molecule is c1ccc2oc(-c3cc(-c4cc(-c5nc6ccccc6o5)cc(-c5nc6ccccc6o5)c4)cc(-c4nc5ccccc5o4)c3)nc2c1. The Morgan fingerprint density at radius 1 is 0.271 bits per heavy atom. The minimum atomic E-state index is 0.490. The summed E-state index contributed by atoms with van der Waals surface area (Å²) in [6.45, 7) is 0. The fourth-order valence-corrected chi connectivity index (χ4v) is 6.07. The second-order valence-corrected chi connectivity index (χ2v) is 11.5. The lowest BCUT2D eigenvalue weighted by molar-refractivity contribution is 0.616. The predicted octanol–water partition coefficient (Wildman–Crippen LogP) is 10.6. The topological polar surface area (TPSA) is 104 Å². The Bertz CT molecular complexity index is 2310. The van der Waals surface area contributed by atoms with Crippen molar-refractivity contribution >= 4 is 44.4 Å². The Kier molecular flexibility index (Phi) is 5.71. The molecular weight excluding hydrogens is 600 g/mol. The Balaban J connectivity index is 1.21. The molecule has 0 radical (unpaired) electrons. The molecule has 4 heterocycles. The molecule has 10 rings (SSSR count). The third kappa shape index (κ3) is 4.46. The van der Waals surface area contributed by atoms with Crippen molar-refractivity contribution in [2.45, 2.75) is 0 Å². The van der Waals surface area contributed by atoms with Crippen LogP contribution in [0.4, 0.5) is 0 Å². The van der Waals surface area contributed by atoms with Crippen LogP contribution in [-0.4, -0.2) is 19.9 Å². The van der Waals surface area contributed by atoms with Gasteiger partial charge in [0.05, 0.1) is 0 Å². The van der Waals surface area contributed by atoms with Crippen LogP contribution in [0.15, 0.2) is 151 Å². The molecule has 0 amide bonds. The van der Waals surface area contributed by atoms with Gasteiger partial charge in [-0.05, 0) is 96.1 Å². The largest absolute Gasteiger partial charge is 0.436 e. The Labute approximate surface area is 271 Å². The van der Waals surface area contributed by atoms with E-state index in [1.165, 1.54) is 0 Å². The maximum atomic E-state index is 6.24. The highest BCUT2D eigenvalue weighted by Gasteiger charge is 2.19. The molecule has 8 nitrogen and oxygen atoms in total. The molecule has 48 heavy (non-hydrogen) atoms. The van der Waals surface area contributed by atoms with Crippen LogP contribution in [0.2, 0.25) is 0 Å². The molecule has 0 bridgehead atoms. The van der Waals surface area contributed by atoms with E-state index in [0.29, 0.717) is 45.9 Å². The molecule has 226 valence electrons. The molecule has 0 N–H and O–H groups in total. The van der Waals surface area contributed by atoms with Crippen molar-refractivity contribution in [3.05, 3.63) is 133 Å². The summed E-state index contributed by atoms with van der Waals surface area (Å²) < 4.78 is 24.9. The first-order valence-electron chi connectivity index (χ1n) is 15.4. The molecular formula is C40H22N4O4. The van der Waals surface area contributed by atoms with E-state index in [1.54, 1.807) is 0 Å². The highest BCUT2D eigenvalue weighted by atomic mass is 16.4. The van der Waals surface area contributed by atoms with Crippen molar-refractivity contribution < 1.29 is 17.7 Å². The summed E-state index contributed by atoms with van der Waals surface area (Å²) in [7, 11) is 0. The number of benzene rings is 6. The number of hydrogen-bond donors (Lipinski definition) is 0. The standard InChI is InChI=1S/C40H22N4O4/c1-5-13-33-29(9-1)41-37(45-33)25-17-23(18-26(21-25)38-42-30-10-2-6-14-34(30)46-38)24-19-27(39-43-31-11-3-7-15-35(31)47-39)22-28(20-24)40-44-32-12-4-8-16-36(32)48-40/h1-22H. The highest BCUT2D eigenvalue weighted by Crippen LogP contribution is 2.39. The van der Waals surface area contributed by atoms with E-state index >= 15 is 0 Å². The summed E-state index contributed by atoms with van der Waals surface area (Å²) in [5.41, 5.74) is 10.8. The van der Waals surface area contributed by atoms with Crippen molar-refractivity contribution in [3.63, 3.8) is 0 Å². The number of nitrogens with zero attached hydrogens (tertiary/aromatic N) is 4. The normalized spacial score (nSPS) is 11.8. The summed E-state index contributed by atoms with van der Waals surface area (Å²) in [5, 5.41) is 0. The van der Waals surface area contributed by atoms with Gasteiger partial charge in [0.1, 0.15) is 22.1 Å². The number of rotatable bonds is 5. The van der Waals surface area contributed by atoms with Crippen LogP contribution in [0, 0.1) is 0 Å². The monoisotopic (exact) mass is 622 g/mol. The number of para-hydroxylation sites is 8. The Morgan fingerprint density at radius 3 is 0.750 bits per heavy atom. The minimum absolute atomic E-state index is 0.490. The van der Waals surface area contributed by atoms with E-state index in [-0.39, 0.29) is 0 Å². The lowest BCUT2D eigenvalue weighted by Crippen LogP contribution is -1.89. The van der Waals surface area contributed by atoms with Crippen LogP contribution in [0.25, 0.3) is 101 Å². The van der Waals surface area contributed by atoms with E-state index in [1.807, 2.05) is 109 Å². The minimum Gasteiger partial charge on any atom is -0.436 e. The molecule has 0 unspecified atom stereocenters. The first-order valence-corrected chi connectivity index (χ1v) is 15.4. The zero-order valence-corrected chi connectivity index (χ0v) is 25.1. The second-order valence-electron chi connectivity index (χ2n) is 11.5. The maximum absolute atomic E-state index is 6.24. The van der Waals surface area contributed by atoms with Crippen molar-refractivity contribution in [2.24, 2.45) is 0 Å². The molecule has 0 fully saturated rings. The molecule has 0 saturated carbocycles. The summed E-state index contributed by atoms with van der Waals surface area (Å²) in [6.07, 6.45) is 0. The van der Waals surface area contributed by atoms with Crippen LogP contribution in [0.1, 0.15) is 0 Å². The van der Waals surface area contributed by atoms with Gasteiger partial charge in [-0.1, -0.05) is 48.5 Å². The molecule has 0 atom stereocenters. The average molecular weight is 623 g/mol. The van der Waals surface area contributed by atoms with Gasteiger partial charge in [-0.3, -0.25) is 0 Å². The number of hydrogen-bond acceptors (Lipinski definition) is 8. The molecule has 0 saturated heterocycles. The summed E-state index contributed by atoms with van der Waals surface area (Å²) in [4.78, 5) is 19.2. The van der Waals surface area contributed by atoms with Crippen molar-refractivity contribution in [2.75, 3.05) is 0 Å². The van der Waals surface area contributed by atoms with E-state index in [4.69, 9.17) is 37.6 Å². The fraction of sp³-hybridized carbons (Fsp3) is 0. The summed E-state index contributed by atoms with van der Waals surface area (Å²) in [5.74, 6) is 1.96. The van der Waals surface area contributed by atoms with Crippen LogP contribution < -0.4 is 0 Å². The first kappa shape index (κ1) is 26.4. The number of fused-ring (bicyclic) bond motifs is 4. The zero-order chi connectivity index (χ0) is 31.6. The number of aromatic nitrogens is 4. The molecule has 0 aliphatic carbocycles. The van der Waals surface area contributed by atoms with E-state index in [9.17, 15) is 0 Å². The van der Waals surface area contributed by atoms with Crippen molar-refractivity contribution in [3.8, 4) is 56.9 Å². The van der Waals surface area contributed by atoms with Crippen LogP contribution in [0.5, 0.6) is 0 Å². The average Bonchev–Trinajstić information content (AvgIpc) is 3.94. The van der Waals surface area contributed by atoms with Gasteiger partial charge in [-0.2, -0.15) is 0 Å². The van der Waals surface area contributed by atoms with E-state index < -0.39 is 0 Å². The van der Waals surface area contributed by atoms with Crippen molar-refractivity contribution in [1.82, 2.24) is 19.9 Å². The number of oxazole rings is 4. The Hall–Kier alpha value is -6.80. The van der Waals surface area contributed by atoms with Gasteiger partial charge in [0.15, 0.2) is 22.3 Å². The molecule has 4 aromatic heterocycles. The second kappa shape index (κ2) is 10.4. The third-order valence-corrected chi connectivity index (χ3v) is 8.36. The van der Waals surface area contributed by atoms with Crippen LogP contribution >= 0.6 is 0 Å². The molecule has 8 heteroatoms. The fourth-order valence-electron chi connectivity index (χ4n) is 6.07. The van der Waals surface area contributed by atoms with Gasteiger partial charge in [0.25, 0.3) is 0 Å². The Morgan fingerprint density at radius 2 is 0.500 bits per heavy atom. The van der Waals surface area contributed by atoms with E-state index in [0.717, 1.165) is 55.4 Å². The summed E-state index contributed by atoms with van der Waals surface area (Å²) >= 11 is 0. The molecule has 6 aromatic carbocycles.